The van der Waals surface area contributed by atoms with Crippen LogP contribution in [0.2, 0.25) is 0 Å². The molecule has 2 rings (SSSR count). The normalized spacial score (nSPS) is 12.6. The van der Waals surface area contributed by atoms with Gasteiger partial charge in [0.2, 0.25) is 0 Å². The Morgan fingerprint density at radius 1 is 0.643 bits per heavy atom. The smallest absolute Gasteiger partial charge is 0.501 e. The third kappa shape index (κ3) is 5.03. The molecular weight excluding hydrogens is 410 g/mol. The summed E-state index contributed by atoms with van der Waals surface area (Å²) in [7, 11) is -2.53. The summed E-state index contributed by atoms with van der Waals surface area (Å²) in [6.45, 7) is 0. The first kappa shape index (κ1) is 21.7. The van der Waals surface area contributed by atoms with Crippen molar-refractivity contribution in [2.24, 2.45) is 0 Å². The van der Waals surface area contributed by atoms with Crippen LogP contribution in [0.1, 0.15) is 16.7 Å². The third-order valence-corrected chi connectivity index (χ3v) is 3.25. The number of benzene rings is 2. The molecule has 0 amide bonds. The van der Waals surface area contributed by atoms with Crippen molar-refractivity contribution in [1.29, 1.82) is 0 Å². The van der Waals surface area contributed by atoms with Crippen molar-refractivity contribution in [1.82, 2.24) is 0 Å². The molecule has 2 aromatic carbocycles. The first-order chi connectivity index (χ1) is 12.7. The highest BCUT2D eigenvalue weighted by atomic mass is 19.4. The monoisotopic (exact) mass is 418 g/mol. The summed E-state index contributed by atoms with van der Waals surface area (Å²) < 4.78 is 126. The van der Waals surface area contributed by atoms with Crippen LogP contribution in [-0.2, 0) is 18.5 Å². The van der Waals surface area contributed by atoms with Gasteiger partial charge in [0.15, 0.2) is 0 Å². The molecule has 0 aliphatic rings. The lowest BCUT2D eigenvalue weighted by atomic mass is 9.97. The zero-order valence-corrected chi connectivity index (χ0v) is 13.3. The van der Waals surface area contributed by atoms with E-state index in [9.17, 15) is 44.5 Å². The zero-order chi connectivity index (χ0) is 21.3. The van der Waals surface area contributed by atoms with Gasteiger partial charge in [-0.1, -0.05) is 18.2 Å². The van der Waals surface area contributed by atoms with Gasteiger partial charge in [-0.3, -0.25) is 0 Å². The van der Waals surface area contributed by atoms with Gasteiger partial charge >= 0.3 is 25.9 Å². The van der Waals surface area contributed by atoms with Gasteiger partial charge < -0.3 is 14.3 Å². The van der Waals surface area contributed by atoms with Crippen LogP contribution in [0.15, 0.2) is 42.5 Å². The molecule has 2 aromatic rings. The lowest BCUT2D eigenvalue weighted by Gasteiger charge is -2.23. The summed E-state index contributed by atoms with van der Waals surface area (Å²) in [5, 5.41) is 9.55. The second kappa shape index (κ2) is 7.45. The maximum absolute atomic E-state index is 13.2. The molecule has 13 heteroatoms. The van der Waals surface area contributed by atoms with Crippen LogP contribution in [0, 0.1) is 0 Å². The van der Waals surface area contributed by atoms with E-state index in [0.29, 0.717) is 0 Å². The number of rotatable bonds is 4. The Morgan fingerprint density at radius 2 is 1.18 bits per heavy atom. The summed E-state index contributed by atoms with van der Waals surface area (Å²) in [5.74, 6) is -1.80. The average molecular weight is 418 g/mol. The molecule has 0 spiro atoms. The van der Waals surface area contributed by atoms with Crippen molar-refractivity contribution in [3.05, 3.63) is 59.2 Å². The molecule has 0 aliphatic carbocycles. The summed E-state index contributed by atoms with van der Waals surface area (Å²) in [5.41, 5.74) is -8.25. The van der Waals surface area contributed by atoms with Crippen LogP contribution in [0.3, 0.4) is 0 Å². The Labute approximate surface area is 151 Å². The molecule has 152 valence electrons. The second-order valence-corrected chi connectivity index (χ2v) is 5.21. The first-order valence-electron chi connectivity index (χ1n) is 7.16. The highest BCUT2D eigenvalue weighted by Gasteiger charge is 2.52. The van der Waals surface area contributed by atoms with Gasteiger partial charge in [0, 0.05) is 0 Å². The maximum atomic E-state index is 13.2. The van der Waals surface area contributed by atoms with E-state index in [1.165, 1.54) is 30.3 Å². The SMILES string of the molecule is OB(Oc1ccccc1)Oc1ccc(C(F)(F)F)c(C(F)(F)F)c1C(F)(F)F. The van der Waals surface area contributed by atoms with Crippen molar-refractivity contribution in [3.63, 3.8) is 0 Å². The van der Waals surface area contributed by atoms with Crippen LogP contribution in [0.4, 0.5) is 39.5 Å². The average Bonchev–Trinajstić information content (AvgIpc) is 2.52. The Bertz CT molecular complexity index is 816. The number of halogens is 9. The van der Waals surface area contributed by atoms with E-state index in [4.69, 9.17) is 0 Å². The van der Waals surface area contributed by atoms with E-state index >= 15 is 0 Å². The van der Waals surface area contributed by atoms with Crippen LogP contribution < -0.4 is 9.31 Å². The van der Waals surface area contributed by atoms with E-state index in [1.54, 1.807) is 0 Å². The molecule has 0 bridgehead atoms. The van der Waals surface area contributed by atoms with Crippen molar-refractivity contribution < 1.29 is 53.8 Å². The Hall–Kier alpha value is -2.57. The molecule has 0 radical (unpaired) electrons. The minimum atomic E-state index is -6.01. The van der Waals surface area contributed by atoms with Crippen molar-refractivity contribution in [3.8, 4) is 11.5 Å². The van der Waals surface area contributed by atoms with Crippen LogP contribution in [0.5, 0.6) is 11.5 Å². The van der Waals surface area contributed by atoms with Gasteiger partial charge in [0.25, 0.3) is 0 Å². The molecule has 28 heavy (non-hydrogen) atoms. The topological polar surface area (TPSA) is 38.7 Å². The van der Waals surface area contributed by atoms with Gasteiger partial charge in [0.05, 0.1) is 11.1 Å². The van der Waals surface area contributed by atoms with Crippen LogP contribution >= 0.6 is 0 Å². The highest BCUT2D eigenvalue weighted by Crippen LogP contribution is 2.50. The van der Waals surface area contributed by atoms with E-state index in [-0.39, 0.29) is 17.9 Å². The molecule has 3 nitrogen and oxygen atoms in total. The fourth-order valence-electron chi connectivity index (χ4n) is 2.24. The maximum Gasteiger partial charge on any atom is 0.785 e. The first-order valence-corrected chi connectivity index (χ1v) is 7.16. The van der Waals surface area contributed by atoms with Crippen LogP contribution in [-0.4, -0.2) is 12.3 Å². The summed E-state index contributed by atoms with van der Waals surface area (Å²) in [6, 6.07) is 6.62. The standard InChI is InChI=1S/C15H8BF9O3/c17-13(18,19)9-6-7-10(12(15(23,24)25)11(9)14(20,21)22)28-16(26)27-8-4-2-1-3-5-8/h1-7,26H. The van der Waals surface area contributed by atoms with Crippen molar-refractivity contribution in [2.45, 2.75) is 18.5 Å². The molecule has 0 aliphatic heterocycles. The third-order valence-electron chi connectivity index (χ3n) is 3.25. The van der Waals surface area contributed by atoms with Gasteiger partial charge in [-0.05, 0) is 24.3 Å². The Morgan fingerprint density at radius 3 is 1.64 bits per heavy atom. The van der Waals surface area contributed by atoms with E-state index in [1.807, 2.05) is 0 Å². The van der Waals surface area contributed by atoms with Gasteiger partial charge in [-0.25, -0.2) is 0 Å². The fourth-order valence-corrected chi connectivity index (χ4v) is 2.24. The molecular formula is C15H8BF9O3. The highest BCUT2D eigenvalue weighted by molar-refractivity contribution is 6.36. The Kier molecular flexibility index (Phi) is 5.78. The molecule has 1 N–H and O–H groups in total. The summed E-state index contributed by atoms with van der Waals surface area (Å²) in [6.07, 6.45) is -17.6. The fraction of sp³-hybridized carbons (Fsp3) is 0.200. The van der Waals surface area contributed by atoms with E-state index in [0.717, 1.165) is 0 Å². The number of hydrogen-bond donors (Lipinski definition) is 1. The molecule has 0 heterocycles. The minimum absolute atomic E-state index is 0.0262. The zero-order valence-electron chi connectivity index (χ0n) is 13.3. The van der Waals surface area contributed by atoms with Gasteiger partial charge in [0.1, 0.15) is 17.1 Å². The largest absolute Gasteiger partial charge is 0.785 e. The van der Waals surface area contributed by atoms with Gasteiger partial charge in [-0.15, -0.1) is 0 Å². The molecule has 0 atom stereocenters. The number of para-hydroxylation sites is 1. The quantitative estimate of drug-likeness (QED) is 0.550. The van der Waals surface area contributed by atoms with Crippen molar-refractivity contribution >= 4 is 7.32 Å². The van der Waals surface area contributed by atoms with E-state index < -0.39 is 48.3 Å². The predicted octanol–water partition coefficient (Wildman–Crippen LogP) is 5.18. The molecule has 0 unspecified atom stereocenters. The number of alkyl halides is 9. The molecule has 0 saturated carbocycles. The second-order valence-electron chi connectivity index (χ2n) is 5.21. The summed E-state index contributed by atoms with van der Waals surface area (Å²) in [4.78, 5) is 0. The number of hydrogen-bond acceptors (Lipinski definition) is 3. The predicted molar refractivity (Wildman–Crippen MR) is 77.1 cm³/mol. The lowest BCUT2D eigenvalue weighted by Crippen LogP contribution is -2.32. The minimum Gasteiger partial charge on any atom is -0.501 e. The van der Waals surface area contributed by atoms with Crippen molar-refractivity contribution in [2.75, 3.05) is 0 Å². The van der Waals surface area contributed by atoms with E-state index in [2.05, 4.69) is 9.31 Å². The molecule has 0 aromatic heterocycles. The van der Waals surface area contributed by atoms with Gasteiger partial charge in [-0.2, -0.15) is 39.5 Å². The molecule has 0 fully saturated rings. The van der Waals surface area contributed by atoms with Crippen LogP contribution in [0.25, 0.3) is 0 Å². The summed E-state index contributed by atoms with van der Waals surface area (Å²) >= 11 is 0. The molecule has 0 saturated heterocycles. The Balaban J connectivity index is 2.55. The lowest BCUT2D eigenvalue weighted by molar-refractivity contribution is -0.175.